The van der Waals surface area contributed by atoms with Gasteiger partial charge in [-0.3, -0.25) is 14.3 Å². The quantitative estimate of drug-likeness (QED) is 0.439. The number of hydrogen-bond donors (Lipinski definition) is 3. The molecule has 0 saturated heterocycles. The molecular formula is C23H22N4O3. The lowest BCUT2D eigenvalue weighted by molar-refractivity contribution is -0.136. The number of hydrogen-bond acceptors (Lipinski definition) is 2. The van der Waals surface area contributed by atoms with Gasteiger partial charge in [-0.05, 0) is 66.9 Å². The van der Waals surface area contributed by atoms with Gasteiger partial charge in [-0.2, -0.15) is 0 Å². The molecule has 0 saturated carbocycles. The number of carbonyl (C=O) groups excluding carboxylic acids is 1. The van der Waals surface area contributed by atoms with Crippen LogP contribution in [0.3, 0.4) is 0 Å². The molecule has 0 fully saturated rings. The molecular weight excluding hydrogens is 380 g/mol. The molecule has 0 atom stereocenters. The molecule has 0 radical (unpaired) electrons. The van der Waals surface area contributed by atoms with Crippen LogP contribution in [0.1, 0.15) is 28.0 Å². The highest BCUT2D eigenvalue weighted by Gasteiger charge is 2.16. The largest absolute Gasteiger partial charge is 0.481 e. The molecule has 0 aliphatic carbocycles. The first kappa shape index (κ1) is 19.3. The molecule has 7 nitrogen and oxygen atoms in total. The molecule has 2 aromatic carbocycles. The molecule has 0 aliphatic heterocycles. The average Bonchev–Trinajstić information content (AvgIpc) is 3.09. The minimum atomic E-state index is -0.843. The van der Waals surface area contributed by atoms with Crippen molar-refractivity contribution in [3.63, 3.8) is 0 Å². The summed E-state index contributed by atoms with van der Waals surface area (Å²) in [5.74, 6) is -1.32. The summed E-state index contributed by atoms with van der Waals surface area (Å²) >= 11 is 0. The monoisotopic (exact) mass is 402 g/mol. The summed E-state index contributed by atoms with van der Waals surface area (Å²) in [6.07, 6.45) is 4.22. The van der Waals surface area contributed by atoms with Gasteiger partial charge < -0.3 is 20.5 Å². The van der Waals surface area contributed by atoms with E-state index in [0.717, 1.165) is 33.9 Å². The van der Waals surface area contributed by atoms with Crippen molar-refractivity contribution in [1.29, 1.82) is 0 Å². The number of nitrogens with one attached hydrogen (secondary N) is 1. The SMILES string of the molecule is Cc1cc(C(N)=O)ccc1-n1c(CCC(=O)O)ccc1-c1ccc(-n2cc[nH]2)cc1. The number of benzene rings is 2. The Labute approximate surface area is 173 Å². The van der Waals surface area contributed by atoms with Crippen LogP contribution < -0.4 is 5.73 Å². The van der Waals surface area contributed by atoms with E-state index in [1.807, 2.05) is 66.5 Å². The van der Waals surface area contributed by atoms with Gasteiger partial charge in [-0.1, -0.05) is 12.1 Å². The van der Waals surface area contributed by atoms with Crippen molar-refractivity contribution in [3.05, 3.63) is 83.8 Å². The number of H-pyrrole nitrogens is 1. The van der Waals surface area contributed by atoms with Crippen molar-refractivity contribution in [2.45, 2.75) is 19.8 Å². The van der Waals surface area contributed by atoms with Crippen molar-refractivity contribution in [2.24, 2.45) is 5.73 Å². The predicted octanol–water partition coefficient (Wildman–Crippen LogP) is 3.69. The molecule has 4 rings (SSSR count). The Hall–Kier alpha value is -4.00. The van der Waals surface area contributed by atoms with Gasteiger partial charge in [0.25, 0.3) is 0 Å². The molecule has 0 aliphatic rings. The Balaban J connectivity index is 1.80. The third-order valence-corrected chi connectivity index (χ3v) is 5.16. The maximum Gasteiger partial charge on any atom is 0.303 e. The first-order chi connectivity index (χ1) is 14.4. The lowest BCUT2D eigenvalue weighted by atomic mass is 10.1. The second-order valence-corrected chi connectivity index (χ2v) is 7.17. The molecule has 152 valence electrons. The molecule has 2 heterocycles. The summed E-state index contributed by atoms with van der Waals surface area (Å²) in [7, 11) is 0. The number of carboxylic acid groups (broad SMARTS) is 1. The van der Waals surface area contributed by atoms with Crippen LogP contribution in [0.2, 0.25) is 0 Å². The second-order valence-electron chi connectivity index (χ2n) is 7.17. The Bertz CT molecular complexity index is 1200. The molecule has 4 N–H and O–H groups in total. The van der Waals surface area contributed by atoms with Crippen molar-refractivity contribution in [2.75, 3.05) is 0 Å². The maximum absolute atomic E-state index is 11.5. The van der Waals surface area contributed by atoms with Crippen molar-refractivity contribution < 1.29 is 14.7 Å². The van der Waals surface area contributed by atoms with Crippen LogP contribution in [-0.2, 0) is 11.2 Å². The van der Waals surface area contributed by atoms with Gasteiger partial charge in [0, 0.05) is 29.3 Å². The number of primary amides is 1. The fourth-order valence-electron chi connectivity index (χ4n) is 3.58. The van der Waals surface area contributed by atoms with Crippen LogP contribution in [0.4, 0.5) is 0 Å². The number of rotatable bonds is 7. The third-order valence-electron chi connectivity index (χ3n) is 5.16. The number of aromatic amines is 1. The van der Waals surface area contributed by atoms with Crippen LogP contribution >= 0.6 is 0 Å². The van der Waals surface area contributed by atoms with Crippen LogP contribution in [0.15, 0.2) is 67.0 Å². The Morgan fingerprint density at radius 3 is 2.37 bits per heavy atom. The lowest BCUT2D eigenvalue weighted by Crippen LogP contribution is -2.12. The second kappa shape index (κ2) is 7.79. The number of nitrogens with zero attached hydrogens (tertiary/aromatic N) is 2. The third kappa shape index (κ3) is 3.65. The van der Waals surface area contributed by atoms with Gasteiger partial charge in [-0.25, -0.2) is 0 Å². The molecule has 0 spiro atoms. The minimum Gasteiger partial charge on any atom is -0.481 e. The summed E-state index contributed by atoms with van der Waals surface area (Å²) in [5.41, 5.74) is 11.5. The maximum atomic E-state index is 11.5. The fraction of sp³-hybridized carbons (Fsp3) is 0.130. The van der Waals surface area contributed by atoms with Crippen LogP contribution in [-0.4, -0.2) is 31.3 Å². The van der Waals surface area contributed by atoms with Gasteiger partial charge in [0.05, 0.1) is 17.8 Å². The van der Waals surface area contributed by atoms with E-state index in [1.165, 1.54) is 0 Å². The van der Waals surface area contributed by atoms with E-state index in [9.17, 15) is 9.59 Å². The number of amides is 1. The van der Waals surface area contributed by atoms with Gasteiger partial charge in [0.15, 0.2) is 0 Å². The zero-order chi connectivity index (χ0) is 21.3. The van der Waals surface area contributed by atoms with Gasteiger partial charge in [0.1, 0.15) is 0 Å². The van der Waals surface area contributed by atoms with Crippen LogP contribution in [0.25, 0.3) is 22.6 Å². The normalized spacial score (nSPS) is 11.0. The molecule has 30 heavy (non-hydrogen) atoms. The summed E-state index contributed by atoms with van der Waals surface area (Å²) in [6.45, 7) is 1.91. The van der Waals surface area contributed by atoms with E-state index in [1.54, 1.807) is 12.1 Å². The lowest BCUT2D eigenvalue weighted by Gasteiger charge is -2.17. The summed E-state index contributed by atoms with van der Waals surface area (Å²) in [5, 5.41) is 12.2. The smallest absolute Gasteiger partial charge is 0.303 e. The first-order valence-corrected chi connectivity index (χ1v) is 9.60. The minimum absolute atomic E-state index is 0.0355. The Morgan fingerprint density at radius 2 is 1.80 bits per heavy atom. The molecule has 1 amide bonds. The molecule has 4 aromatic rings. The number of carbonyl (C=O) groups is 2. The molecule has 2 aromatic heterocycles. The number of carboxylic acids is 1. The number of nitrogens with two attached hydrogens (primary N) is 1. The van der Waals surface area contributed by atoms with Crippen molar-refractivity contribution in [3.8, 4) is 22.6 Å². The Kier molecular flexibility index (Phi) is 5.02. The molecule has 0 bridgehead atoms. The number of aromatic nitrogens is 3. The highest BCUT2D eigenvalue weighted by Crippen LogP contribution is 2.30. The Morgan fingerprint density at radius 1 is 1.07 bits per heavy atom. The van der Waals surface area contributed by atoms with E-state index in [-0.39, 0.29) is 6.42 Å². The van der Waals surface area contributed by atoms with E-state index < -0.39 is 11.9 Å². The van der Waals surface area contributed by atoms with E-state index in [2.05, 4.69) is 9.67 Å². The van der Waals surface area contributed by atoms with Gasteiger partial charge >= 0.3 is 5.97 Å². The topological polar surface area (TPSA) is 106 Å². The van der Waals surface area contributed by atoms with Crippen molar-refractivity contribution in [1.82, 2.24) is 14.3 Å². The highest BCUT2D eigenvalue weighted by atomic mass is 16.4. The fourth-order valence-corrected chi connectivity index (χ4v) is 3.58. The zero-order valence-electron chi connectivity index (χ0n) is 16.5. The zero-order valence-corrected chi connectivity index (χ0v) is 16.5. The standard InChI is InChI=1S/C23H22N4O3/c1-15-14-17(23(24)30)4-9-20(15)27-19(8-11-22(28)29)7-10-21(27)16-2-5-18(6-3-16)26-13-12-25-26/h2-7,9-10,12-14,25H,8,11H2,1H3,(H2,24,30)(H,28,29). The summed E-state index contributed by atoms with van der Waals surface area (Å²) in [4.78, 5) is 22.7. The summed E-state index contributed by atoms with van der Waals surface area (Å²) < 4.78 is 3.97. The molecule has 7 heteroatoms. The number of aryl methyl sites for hydroxylation is 2. The highest BCUT2D eigenvalue weighted by molar-refractivity contribution is 5.93. The summed E-state index contributed by atoms with van der Waals surface area (Å²) in [6, 6.07) is 17.3. The van der Waals surface area contributed by atoms with Crippen LogP contribution in [0.5, 0.6) is 0 Å². The van der Waals surface area contributed by atoms with Crippen LogP contribution in [0, 0.1) is 6.92 Å². The first-order valence-electron chi connectivity index (χ1n) is 9.60. The van der Waals surface area contributed by atoms with E-state index >= 15 is 0 Å². The average molecular weight is 402 g/mol. The molecule has 0 unspecified atom stereocenters. The van der Waals surface area contributed by atoms with E-state index in [4.69, 9.17) is 10.8 Å². The number of aliphatic carboxylic acids is 1. The van der Waals surface area contributed by atoms with E-state index in [0.29, 0.717) is 12.0 Å². The van der Waals surface area contributed by atoms with Gasteiger partial charge in [-0.15, -0.1) is 0 Å². The van der Waals surface area contributed by atoms with Gasteiger partial charge in [0.2, 0.25) is 5.91 Å². The van der Waals surface area contributed by atoms with Crippen molar-refractivity contribution >= 4 is 11.9 Å². The predicted molar refractivity (Wildman–Crippen MR) is 114 cm³/mol.